The van der Waals surface area contributed by atoms with Crippen LogP contribution in [0.4, 0.5) is 0 Å². The molecule has 0 aromatic carbocycles. The molecular formula is C10H22N2O. The maximum absolute atomic E-state index is 5.92. The Balaban J connectivity index is 2.50. The molecule has 1 fully saturated rings. The molecule has 0 radical (unpaired) electrons. The van der Waals surface area contributed by atoms with E-state index >= 15 is 0 Å². The van der Waals surface area contributed by atoms with Crippen LogP contribution < -0.4 is 5.73 Å². The Kier molecular flexibility index (Phi) is 3.71. The summed E-state index contributed by atoms with van der Waals surface area (Å²) in [5.41, 5.74) is 5.75. The molecule has 0 aromatic rings. The first-order chi connectivity index (χ1) is 6.08. The molecule has 0 saturated carbocycles. The van der Waals surface area contributed by atoms with Crippen molar-refractivity contribution in [2.24, 2.45) is 5.73 Å². The minimum absolute atomic E-state index is 0.0410. The van der Waals surface area contributed by atoms with Crippen molar-refractivity contribution in [1.29, 1.82) is 0 Å². The van der Waals surface area contributed by atoms with Gasteiger partial charge in [-0.15, -0.1) is 0 Å². The van der Waals surface area contributed by atoms with Crippen LogP contribution >= 0.6 is 0 Å². The van der Waals surface area contributed by atoms with Crippen LogP contribution in [0.5, 0.6) is 0 Å². The molecule has 0 unspecified atom stereocenters. The lowest BCUT2D eigenvalue weighted by Gasteiger charge is -2.40. The SMILES string of the molecule is CC(C)OC1(CN)CCN(C)CC1. The summed E-state index contributed by atoms with van der Waals surface area (Å²) in [5, 5.41) is 0. The number of rotatable bonds is 3. The van der Waals surface area contributed by atoms with Crippen LogP contribution in [0.25, 0.3) is 0 Å². The van der Waals surface area contributed by atoms with E-state index in [0.29, 0.717) is 6.54 Å². The highest BCUT2D eigenvalue weighted by atomic mass is 16.5. The molecule has 3 heteroatoms. The summed E-state index contributed by atoms with van der Waals surface area (Å²) in [7, 11) is 2.15. The standard InChI is InChI=1S/C10H22N2O/c1-9(2)13-10(8-11)4-6-12(3)7-5-10/h9H,4-8,11H2,1-3H3. The highest BCUT2D eigenvalue weighted by molar-refractivity contribution is 4.88. The zero-order valence-corrected chi connectivity index (χ0v) is 9.05. The van der Waals surface area contributed by atoms with E-state index in [-0.39, 0.29) is 11.7 Å². The Morgan fingerprint density at radius 2 is 1.92 bits per heavy atom. The molecule has 1 aliphatic heterocycles. The summed E-state index contributed by atoms with van der Waals surface area (Å²) in [6.07, 6.45) is 2.42. The maximum atomic E-state index is 5.92. The highest BCUT2D eigenvalue weighted by Crippen LogP contribution is 2.25. The molecule has 3 nitrogen and oxygen atoms in total. The van der Waals surface area contributed by atoms with Crippen LogP contribution in [-0.2, 0) is 4.74 Å². The third-order valence-corrected chi connectivity index (χ3v) is 2.76. The van der Waals surface area contributed by atoms with Gasteiger partial charge in [0.2, 0.25) is 0 Å². The summed E-state index contributed by atoms with van der Waals surface area (Å²) in [6, 6.07) is 0. The van der Waals surface area contributed by atoms with Gasteiger partial charge >= 0.3 is 0 Å². The van der Waals surface area contributed by atoms with E-state index in [9.17, 15) is 0 Å². The van der Waals surface area contributed by atoms with Gasteiger partial charge in [-0.3, -0.25) is 0 Å². The third-order valence-electron chi connectivity index (χ3n) is 2.76. The first kappa shape index (κ1) is 11.0. The van der Waals surface area contributed by atoms with Crippen LogP contribution in [-0.4, -0.2) is 43.3 Å². The fourth-order valence-corrected chi connectivity index (χ4v) is 1.90. The normalized spacial score (nSPS) is 23.8. The van der Waals surface area contributed by atoms with E-state index in [4.69, 9.17) is 10.5 Å². The summed E-state index contributed by atoms with van der Waals surface area (Å²) >= 11 is 0. The molecular weight excluding hydrogens is 164 g/mol. The van der Waals surface area contributed by atoms with E-state index in [1.54, 1.807) is 0 Å². The number of hydrogen-bond acceptors (Lipinski definition) is 3. The van der Waals surface area contributed by atoms with Crippen molar-refractivity contribution in [3.05, 3.63) is 0 Å². The summed E-state index contributed by atoms with van der Waals surface area (Å²) in [5.74, 6) is 0. The number of ether oxygens (including phenoxy) is 1. The number of nitrogens with zero attached hydrogens (tertiary/aromatic N) is 1. The van der Waals surface area contributed by atoms with Crippen molar-refractivity contribution in [3.63, 3.8) is 0 Å². The second kappa shape index (κ2) is 4.40. The molecule has 2 N–H and O–H groups in total. The number of hydrogen-bond donors (Lipinski definition) is 1. The summed E-state index contributed by atoms with van der Waals surface area (Å²) < 4.78 is 5.92. The van der Waals surface area contributed by atoms with E-state index in [1.165, 1.54) is 0 Å². The van der Waals surface area contributed by atoms with Crippen molar-refractivity contribution in [1.82, 2.24) is 4.90 Å². The Morgan fingerprint density at radius 1 is 1.38 bits per heavy atom. The minimum atomic E-state index is -0.0410. The van der Waals surface area contributed by atoms with Gasteiger partial charge < -0.3 is 15.4 Å². The second-order valence-corrected chi connectivity index (χ2v) is 4.36. The molecule has 0 bridgehead atoms. The van der Waals surface area contributed by atoms with E-state index in [0.717, 1.165) is 25.9 Å². The van der Waals surface area contributed by atoms with Gasteiger partial charge in [0.15, 0.2) is 0 Å². The van der Waals surface area contributed by atoms with E-state index in [1.807, 2.05) is 0 Å². The van der Waals surface area contributed by atoms with E-state index < -0.39 is 0 Å². The minimum Gasteiger partial charge on any atom is -0.371 e. The molecule has 0 aromatic heterocycles. The number of nitrogens with two attached hydrogens (primary N) is 1. The highest BCUT2D eigenvalue weighted by Gasteiger charge is 2.33. The topological polar surface area (TPSA) is 38.5 Å². The van der Waals surface area contributed by atoms with Crippen molar-refractivity contribution >= 4 is 0 Å². The molecule has 0 amide bonds. The Hall–Kier alpha value is -0.120. The van der Waals surface area contributed by atoms with Gasteiger partial charge in [0.05, 0.1) is 11.7 Å². The predicted molar refractivity (Wildman–Crippen MR) is 54.7 cm³/mol. The average Bonchev–Trinajstić information content (AvgIpc) is 2.09. The smallest absolute Gasteiger partial charge is 0.0831 e. The molecule has 1 aliphatic rings. The zero-order valence-electron chi connectivity index (χ0n) is 9.05. The van der Waals surface area contributed by atoms with Crippen molar-refractivity contribution in [2.45, 2.75) is 38.4 Å². The molecule has 0 aliphatic carbocycles. The third kappa shape index (κ3) is 2.93. The Bertz CT molecular complexity index is 151. The molecule has 13 heavy (non-hydrogen) atoms. The first-order valence-electron chi connectivity index (χ1n) is 5.14. The van der Waals surface area contributed by atoms with Crippen LogP contribution in [0.1, 0.15) is 26.7 Å². The monoisotopic (exact) mass is 186 g/mol. The van der Waals surface area contributed by atoms with Gasteiger partial charge in [0.1, 0.15) is 0 Å². The lowest BCUT2D eigenvalue weighted by Crippen LogP contribution is -2.50. The van der Waals surface area contributed by atoms with E-state index in [2.05, 4.69) is 25.8 Å². The average molecular weight is 186 g/mol. The van der Waals surface area contributed by atoms with Crippen LogP contribution in [0.15, 0.2) is 0 Å². The first-order valence-corrected chi connectivity index (χ1v) is 5.14. The van der Waals surface area contributed by atoms with Gasteiger partial charge in [-0.1, -0.05) is 0 Å². The second-order valence-electron chi connectivity index (χ2n) is 4.36. The fraction of sp³-hybridized carbons (Fsp3) is 1.00. The molecule has 1 heterocycles. The number of piperidine rings is 1. The van der Waals surface area contributed by atoms with Crippen molar-refractivity contribution < 1.29 is 4.74 Å². The summed E-state index contributed by atoms with van der Waals surface area (Å²) in [6.45, 7) is 7.01. The Labute approximate surface area is 81.2 Å². The maximum Gasteiger partial charge on any atom is 0.0831 e. The van der Waals surface area contributed by atoms with Crippen LogP contribution in [0.3, 0.4) is 0 Å². The molecule has 0 spiro atoms. The van der Waals surface area contributed by atoms with Gasteiger partial charge in [-0.25, -0.2) is 0 Å². The van der Waals surface area contributed by atoms with Gasteiger partial charge in [-0.2, -0.15) is 0 Å². The van der Waals surface area contributed by atoms with Crippen molar-refractivity contribution in [3.8, 4) is 0 Å². The van der Waals surface area contributed by atoms with Crippen LogP contribution in [0.2, 0.25) is 0 Å². The molecule has 0 atom stereocenters. The predicted octanol–water partition coefficient (Wildman–Crippen LogP) is 0.834. The van der Waals surface area contributed by atoms with Crippen molar-refractivity contribution in [2.75, 3.05) is 26.7 Å². The van der Waals surface area contributed by atoms with Gasteiger partial charge in [-0.05, 0) is 33.7 Å². The molecule has 1 rings (SSSR count). The molecule has 78 valence electrons. The quantitative estimate of drug-likeness (QED) is 0.709. The fourth-order valence-electron chi connectivity index (χ4n) is 1.90. The molecule has 1 saturated heterocycles. The van der Waals surface area contributed by atoms with Gasteiger partial charge in [0, 0.05) is 19.6 Å². The largest absolute Gasteiger partial charge is 0.371 e. The summed E-state index contributed by atoms with van der Waals surface area (Å²) in [4.78, 5) is 2.33. The lowest BCUT2D eigenvalue weighted by atomic mass is 9.91. The van der Waals surface area contributed by atoms with Gasteiger partial charge in [0.25, 0.3) is 0 Å². The zero-order chi connectivity index (χ0) is 9.90. The lowest BCUT2D eigenvalue weighted by molar-refractivity contribution is -0.103. The number of likely N-dealkylation sites (tertiary alicyclic amines) is 1. The van der Waals surface area contributed by atoms with Crippen LogP contribution in [0, 0.1) is 0 Å². The Morgan fingerprint density at radius 3 is 2.31 bits per heavy atom.